The van der Waals surface area contributed by atoms with Crippen molar-refractivity contribution >= 4 is 65.1 Å². The van der Waals surface area contributed by atoms with Crippen LogP contribution in [0.25, 0.3) is 0 Å². The number of nitrogens with one attached hydrogen (secondary N) is 7. The minimum absolute atomic E-state index is 0.0164. The summed E-state index contributed by atoms with van der Waals surface area (Å²) in [4.78, 5) is 143. The van der Waals surface area contributed by atoms with Crippen molar-refractivity contribution in [1.29, 1.82) is 0 Å². The van der Waals surface area contributed by atoms with Crippen LogP contribution in [0.5, 0.6) is 0 Å². The molecule has 0 spiro atoms. The quantitative estimate of drug-likeness (QED) is 0.0405. The molecule has 70 heavy (non-hydrogen) atoms. The summed E-state index contributed by atoms with van der Waals surface area (Å²) in [7, 11) is 0. The molecule has 9 amide bonds. The average molecular weight is 981 g/mol. The number of hydrogen-bond donors (Lipinski definition) is 12. The third-order valence-electron chi connectivity index (χ3n) is 10.8. The van der Waals surface area contributed by atoms with Gasteiger partial charge in [0.2, 0.25) is 53.2 Å². The van der Waals surface area contributed by atoms with Crippen LogP contribution in [0.15, 0.2) is 60.7 Å². The van der Waals surface area contributed by atoms with Gasteiger partial charge in [0, 0.05) is 32.1 Å². The highest BCUT2D eigenvalue weighted by atomic mass is 16.4. The first-order valence-electron chi connectivity index (χ1n) is 22.9. The van der Waals surface area contributed by atoms with Crippen LogP contribution in [0.1, 0.15) is 90.7 Å². The summed E-state index contributed by atoms with van der Waals surface area (Å²) in [6.45, 7) is 7.97. The Labute approximate surface area is 405 Å². The first-order chi connectivity index (χ1) is 32.9. The minimum Gasteiger partial charge on any atom is -0.481 e. The van der Waals surface area contributed by atoms with E-state index in [-0.39, 0.29) is 38.0 Å². The molecule has 2 rings (SSSR count). The van der Waals surface area contributed by atoms with Crippen LogP contribution in [0.3, 0.4) is 0 Å². The lowest BCUT2D eigenvalue weighted by Gasteiger charge is -2.28. The molecule has 0 radical (unpaired) electrons. The molecule has 0 aliphatic rings. The number of carbonyl (C=O) groups excluding carboxylic acids is 9. The van der Waals surface area contributed by atoms with Crippen molar-refractivity contribution in [2.75, 3.05) is 0 Å². The third kappa shape index (κ3) is 21.7. The van der Waals surface area contributed by atoms with Gasteiger partial charge in [0.05, 0.1) is 6.04 Å². The van der Waals surface area contributed by atoms with Gasteiger partial charge in [0.25, 0.3) is 0 Å². The number of hydrogen-bond acceptors (Lipinski definition) is 12. The van der Waals surface area contributed by atoms with Crippen LogP contribution < -0.4 is 54.4 Å². The van der Waals surface area contributed by atoms with Gasteiger partial charge in [0.1, 0.15) is 42.3 Å². The summed E-state index contributed by atoms with van der Waals surface area (Å²) in [5.41, 5.74) is 17.6. The standard InChI is InChI=1S/C47H68N10O13/c1-25(2)22-33(55-45(67)34(23-28-12-8-6-9-13-28)54-40(62)27(5)51-41(63)30(48)16-19-36(49)58)44(66)53-31(17-20-37(50)59)42(64)52-32(18-21-38(60)61)43(65)56-35(24-29-14-10-7-11-15-29)46(68)57-39(26(3)4)47(69)70/h6-15,25-27,30-35,39H,16-24,48H2,1-5H3,(H2,49,58)(H2,50,59)(H,51,63)(H,52,64)(H,53,66)(H,54,62)(H,55,67)(H,56,65)(H,57,68)(H,60,61)(H,69,70)/t27-,30-,31-,32-,33-,34-,35-,39-/m0/s1. The number of primary amides is 2. The number of carboxylic acid groups (broad SMARTS) is 2. The van der Waals surface area contributed by atoms with Crippen LogP contribution >= 0.6 is 0 Å². The van der Waals surface area contributed by atoms with Crippen molar-refractivity contribution in [3.05, 3.63) is 71.8 Å². The Hall–Kier alpha value is -7.43. The Morgan fingerprint density at radius 2 is 0.857 bits per heavy atom. The number of aliphatic carboxylic acids is 2. The minimum atomic E-state index is -1.66. The monoisotopic (exact) mass is 980 g/mol. The van der Waals surface area contributed by atoms with Crippen LogP contribution in [0.4, 0.5) is 0 Å². The predicted octanol–water partition coefficient (Wildman–Crippen LogP) is -1.60. The topological polar surface area (TPSA) is 390 Å². The second-order valence-electron chi connectivity index (χ2n) is 17.7. The number of carboxylic acids is 2. The fourth-order valence-electron chi connectivity index (χ4n) is 6.88. The average Bonchev–Trinajstić information content (AvgIpc) is 3.28. The lowest BCUT2D eigenvalue weighted by Crippen LogP contribution is -2.60. The summed E-state index contributed by atoms with van der Waals surface area (Å²) in [6, 6.07) is 5.78. The van der Waals surface area contributed by atoms with E-state index in [4.69, 9.17) is 17.2 Å². The molecule has 0 saturated carbocycles. The highest BCUT2D eigenvalue weighted by molar-refractivity contribution is 5.98. The number of nitrogens with two attached hydrogens (primary N) is 3. The first-order valence-corrected chi connectivity index (χ1v) is 22.9. The van der Waals surface area contributed by atoms with Crippen molar-refractivity contribution in [2.24, 2.45) is 29.0 Å². The molecule has 0 aliphatic carbocycles. The molecule has 2 aromatic rings. The SMILES string of the molecule is CC(C)C[C@H](NC(=O)[C@H](Cc1ccccc1)NC(=O)[C@H](C)NC(=O)[C@@H](N)CCC(N)=O)C(=O)N[C@@H](CCC(N)=O)C(=O)N[C@@H](CCC(=O)O)C(=O)N[C@@H](Cc1ccccc1)C(=O)N[C@H](C(=O)O)C(C)C. The van der Waals surface area contributed by atoms with Gasteiger partial charge in [-0.15, -0.1) is 0 Å². The van der Waals surface area contributed by atoms with Crippen molar-refractivity contribution in [1.82, 2.24) is 37.2 Å². The van der Waals surface area contributed by atoms with Gasteiger partial charge in [-0.25, -0.2) is 4.79 Å². The number of amides is 9. The van der Waals surface area contributed by atoms with Gasteiger partial charge >= 0.3 is 11.9 Å². The zero-order valence-electron chi connectivity index (χ0n) is 40.0. The summed E-state index contributed by atoms with van der Waals surface area (Å²) >= 11 is 0. The van der Waals surface area contributed by atoms with E-state index in [2.05, 4.69) is 37.2 Å². The highest BCUT2D eigenvalue weighted by Crippen LogP contribution is 2.12. The smallest absolute Gasteiger partial charge is 0.326 e. The van der Waals surface area contributed by atoms with Gasteiger partial charge in [-0.05, 0) is 55.6 Å². The Balaban J connectivity index is 2.43. The van der Waals surface area contributed by atoms with E-state index in [9.17, 15) is 63.0 Å². The molecule has 0 unspecified atom stereocenters. The molecule has 23 nitrogen and oxygen atoms in total. The zero-order chi connectivity index (χ0) is 52.7. The largest absolute Gasteiger partial charge is 0.481 e. The van der Waals surface area contributed by atoms with Gasteiger partial charge in [0.15, 0.2) is 0 Å². The predicted molar refractivity (Wildman–Crippen MR) is 253 cm³/mol. The maximum absolute atomic E-state index is 14.1. The highest BCUT2D eigenvalue weighted by Gasteiger charge is 2.35. The van der Waals surface area contributed by atoms with E-state index in [1.165, 1.54) is 6.92 Å². The molecule has 384 valence electrons. The molecule has 23 heteroatoms. The van der Waals surface area contributed by atoms with Crippen molar-refractivity contribution in [3.63, 3.8) is 0 Å². The molecular weight excluding hydrogens is 913 g/mol. The lowest BCUT2D eigenvalue weighted by atomic mass is 10.00. The Bertz CT molecular complexity index is 2140. The molecule has 8 atom stereocenters. The van der Waals surface area contributed by atoms with E-state index in [0.717, 1.165) is 0 Å². The van der Waals surface area contributed by atoms with E-state index in [1.807, 2.05) is 0 Å². The fraction of sp³-hybridized carbons (Fsp3) is 0.511. The molecule has 0 aliphatic heterocycles. The molecule has 0 aromatic heterocycles. The number of rotatable bonds is 31. The molecule has 0 bridgehead atoms. The molecule has 0 heterocycles. The summed E-state index contributed by atoms with van der Waals surface area (Å²) in [5.74, 6) is -11.3. The lowest BCUT2D eigenvalue weighted by molar-refractivity contribution is -0.143. The second kappa shape index (κ2) is 29.5. The maximum atomic E-state index is 14.1. The summed E-state index contributed by atoms with van der Waals surface area (Å²) in [5, 5.41) is 36.8. The first kappa shape index (κ1) is 58.7. The molecule has 0 fully saturated rings. The van der Waals surface area contributed by atoms with Crippen LogP contribution in [-0.2, 0) is 65.6 Å². The Kier molecular flexibility index (Phi) is 24.7. The van der Waals surface area contributed by atoms with Gasteiger partial charge in [-0.3, -0.25) is 47.9 Å². The number of benzene rings is 2. The van der Waals surface area contributed by atoms with E-state index < -0.39 is 145 Å². The van der Waals surface area contributed by atoms with Crippen LogP contribution in [0, 0.1) is 11.8 Å². The fourth-order valence-corrected chi connectivity index (χ4v) is 6.88. The maximum Gasteiger partial charge on any atom is 0.326 e. The summed E-state index contributed by atoms with van der Waals surface area (Å²) in [6.07, 6.45) is -2.53. The van der Waals surface area contributed by atoms with Gasteiger partial charge in [-0.1, -0.05) is 88.4 Å². The van der Waals surface area contributed by atoms with E-state index in [0.29, 0.717) is 11.1 Å². The van der Waals surface area contributed by atoms with E-state index >= 15 is 0 Å². The number of carbonyl (C=O) groups is 11. The molecule has 15 N–H and O–H groups in total. The van der Waals surface area contributed by atoms with Gasteiger partial charge < -0.3 is 64.6 Å². The van der Waals surface area contributed by atoms with Crippen molar-refractivity contribution in [3.8, 4) is 0 Å². The zero-order valence-corrected chi connectivity index (χ0v) is 40.0. The van der Waals surface area contributed by atoms with Crippen molar-refractivity contribution < 1.29 is 63.0 Å². The molecule has 0 saturated heterocycles. The van der Waals surface area contributed by atoms with Gasteiger partial charge in [-0.2, -0.15) is 0 Å². The molecule has 2 aromatic carbocycles. The molecular formula is C47H68N10O13. The van der Waals surface area contributed by atoms with Crippen LogP contribution in [0.2, 0.25) is 0 Å². The normalized spacial score (nSPS) is 14.5. The van der Waals surface area contributed by atoms with E-state index in [1.54, 1.807) is 88.4 Å². The Morgan fingerprint density at radius 1 is 0.471 bits per heavy atom. The second-order valence-corrected chi connectivity index (χ2v) is 17.7. The Morgan fingerprint density at radius 3 is 1.29 bits per heavy atom. The van der Waals surface area contributed by atoms with Crippen molar-refractivity contribution in [2.45, 2.75) is 141 Å². The van der Waals surface area contributed by atoms with Crippen LogP contribution in [-0.4, -0.2) is 124 Å². The summed E-state index contributed by atoms with van der Waals surface area (Å²) < 4.78 is 0. The third-order valence-corrected chi connectivity index (χ3v) is 10.8.